The Labute approximate surface area is 74.3 Å². The SMILES string of the molecule is CC/C(C(=N)C(F)(F)F)=C(/N)NC. The van der Waals surface area contributed by atoms with E-state index in [1.807, 2.05) is 0 Å². The van der Waals surface area contributed by atoms with Crippen LogP contribution in [0.4, 0.5) is 13.2 Å². The first-order chi connectivity index (χ1) is 5.84. The predicted molar refractivity (Wildman–Crippen MR) is 44.3 cm³/mol. The summed E-state index contributed by atoms with van der Waals surface area (Å²) in [5.74, 6) is -0.107. The van der Waals surface area contributed by atoms with E-state index in [4.69, 9.17) is 11.1 Å². The summed E-state index contributed by atoms with van der Waals surface area (Å²) in [6.07, 6.45) is -4.56. The molecule has 76 valence electrons. The van der Waals surface area contributed by atoms with E-state index in [-0.39, 0.29) is 17.8 Å². The van der Waals surface area contributed by atoms with Crippen molar-refractivity contribution >= 4 is 5.71 Å². The van der Waals surface area contributed by atoms with Gasteiger partial charge in [-0.2, -0.15) is 13.2 Å². The molecule has 0 saturated heterocycles. The van der Waals surface area contributed by atoms with Crippen molar-refractivity contribution in [3.8, 4) is 0 Å². The number of allylic oxidation sites excluding steroid dienone is 1. The van der Waals surface area contributed by atoms with Crippen LogP contribution in [0.3, 0.4) is 0 Å². The van der Waals surface area contributed by atoms with Gasteiger partial charge in [-0.15, -0.1) is 0 Å². The van der Waals surface area contributed by atoms with Crippen molar-refractivity contribution in [3.63, 3.8) is 0 Å². The van der Waals surface area contributed by atoms with Gasteiger partial charge in [-0.3, -0.25) is 5.41 Å². The maximum Gasteiger partial charge on any atom is 0.433 e. The Kier molecular flexibility index (Phi) is 3.77. The third-order valence-corrected chi connectivity index (χ3v) is 1.53. The van der Waals surface area contributed by atoms with Crippen LogP contribution in [-0.2, 0) is 0 Å². The van der Waals surface area contributed by atoms with Gasteiger partial charge in [0.05, 0.1) is 0 Å². The van der Waals surface area contributed by atoms with Crippen molar-refractivity contribution in [2.24, 2.45) is 5.73 Å². The summed E-state index contributed by atoms with van der Waals surface area (Å²) in [5.41, 5.74) is 3.65. The molecule has 0 heterocycles. The molecule has 0 saturated carbocycles. The maximum atomic E-state index is 12.0. The zero-order chi connectivity index (χ0) is 10.6. The van der Waals surface area contributed by atoms with Crippen molar-refractivity contribution < 1.29 is 13.2 Å². The van der Waals surface area contributed by atoms with E-state index in [1.165, 1.54) is 14.0 Å². The van der Waals surface area contributed by atoms with E-state index < -0.39 is 11.9 Å². The van der Waals surface area contributed by atoms with Crippen LogP contribution in [0.5, 0.6) is 0 Å². The molecule has 0 rings (SSSR count). The van der Waals surface area contributed by atoms with Crippen LogP contribution in [0.25, 0.3) is 0 Å². The highest BCUT2D eigenvalue weighted by atomic mass is 19.4. The smallest absolute Gasteiger partial charge is 0.385 e. The molecule has 3 nitrogen and oxygen atoms in total. The van der Waals surface area contributed by atoms with E-state index in [0.717, 1.165) is 0 Å². The fourth-order valence-electron chi connectivity index (χ4n) is 0.824. The number of hydrogen-bond donors (Lipinski definition) is 3. The van der Waals surface area contributed by atoms with E-state index in [9.17, 15) is 13.2 Å². The molecule has 0 aromatic rings. The molecule has 0 unspecified atom stereocenters. The van der Waals surface area contributed by atoms with Gasteiger partial charge in [-0.1, -0.05) is 6.92 Å². The minimum Gasteiger partial charge on any atom is -0.385 e. The number of nitrogens with two attached hydrogens (primary N) is 1. The second-order valence-electron chi connectivity index (χ2n) is 2.37. The van der Waals surface area contributed by atoms with Gasteiger partial charge in [-0.25, -0.2) is 0 Å². The molecular weight excluding hydrogens is 183 g/mol. The Morgan fingerprint density at radius 1 is 1.46 bits per heavy atom. The largest absolute Gasteiger partial charge is 0.433 e. The molecule has 0 aliphatic heterocycles. The Bertz CT molecular complexity index is 230. The fourth-order valence-corrected chi connectivity index (χ4v) is 0.824. The predicted octanol–water partition coefficient (Wildman–Crippen LogP) is 1.37. The Morgan fingerprint density at radius 3 is 2.15 bits per heavy atom. The van der Waals surface area contributed by atoms with E-state index in [1.54, 1.807) is 0 Å². The molecule has 0 aromatic carbocycles. The number of halogens is 3. The fraction of sp³-hybridized carbons (Fsp3) is 0.571. The molecule has 0 atom stereocenters. The zero-order valence-electron chi connectivity index (χ0n) is 7.42. The van der Waals surface area contributed by atoms with Crippen LogP contribution in [0.2, 0.25) is 0 Å². The first-order valence-electron chi connectivity index (χ1n) is 3.67. The number of hydrogen-bond acceptors (Lipinski definition) is 3. The Morgan fingerprint density at radius 2 is 1.92 bits per heavy atom. The van der Waals surface area contributed by atoms with Crippen LogP contribution >= 0.6 is 0 Å². The van der Waals surface area contributed by atoms with Crippen LogP contribution in [0.1, 0.15) is 13.3 Å². The number of rotatable bonds is 3. The molecule has 6 heteroatoms. The van der Waals surface area contributed by atoms with Gasteiger partial charge in [0, 0.05) is 12.6 Å². The molecule has 4 N–H and O–H groups in total. The lowest BCUT2D eigenvalue weighted by Gasteiger charge is -2.13. The van der Waals surface area contributed by atoms with Crippen molar-refractivity contribution in [2.45, 2.75) is 19.5 Å². The summed E-state index contributed by atoms with van der Waals surface area (Å²) < 4.78 is 36.1. The average molecular weight is 195 g/mol. The molecule has 0 aromatic heterocycles. The van der Waals surface area contributed by atoms with Crippen molar-refractivity contribution in [1.82, 2.24) is 5.32 Å². The van der Waals surface area contributed by atoms with Gasteiger partial charge in [0.2, 0.25) is 0 Å². The van der Waals surface area contributed by atoms with Gasteiger partial charge in [0.1, 0.15) is 11.5 Å². The van der Waals surface area contributed by atoms with Crippen LogP contribution in [0, 0.1) is 5.41 Å². The highest BCUT2D eigenvalue weighted by Gasteiger charge is 2.36. The third kappa shape index (κ3) is 2.96. The first kappa shape index (κ1) is 11.8. The van der Waals surface area contributed by atoms with Crippen molar-refractivity contribution in [2.75, 3.05) is 7.05 Å². The van der Waals surface area contributed by atoms with Crippen LogP contribution in [0.15, 0.2) is 11.4 Å². The minimum absolute atomic E-state index is 0.0744. The molecule has 0 bridgehead atoms. The molecule has 0 amide bonds. The van der Waals surface area contributed by atoms with Gasteiger partial charge in [-0.05, 0) is 6.42 Å². The molecule has 13 heavy (non-hydrogen) atoms. The molecule has 0 spiro atoms. The lowest BCUT2D eigenvalue weighted by molar-refractivity contribution is -0.0591. The van der Waals surface area contributed by atoms with Crippen molar-refractivity contribution in [1.29, 1.82) is 5.41 Å². The van der Waals surface area contributed by atoms with E-state index in [0.29, 0.717) is 0 Å². The summed E-state index contributed by atoms with van der Waals surface area (Å²) in [6, 6.07) is 0. The maximum absolute atomic E-state index is 12.0. The molecule has 0 fully saturated rings. The second kappa shape index (κ2) is 4.15. The van der Waals surface area contributed by atoms with Gasteiger partial charge >= 0.3 is 6.18 Å². The van der Waals surface area contributed by atoms with E-state index in [2.05, 4.69) is 5.32 Å². The Hall–Kier alpha value is -1.20. The highest BCUT2D eigenvalue weighted by molar-refractivity contribution is 6.02. The zero-order valence-corrected chi connectivity index (χ0v) is 7.42. The molecule has 0 aliphatic rings. The molecular formula is C7H12F3N3. The van der Waals surface area contributed by atoms with Crippen LogP contribution in [-0.4, -0.2) is 18.9 Å². The monoisotopic (exact) mass is 195 g/mol. The standard InChI is InChI=1S/C7H12F3N3/c1-3-4(6(12)13-2)5(11)7(8,9)10/h11,13H,3,12H2,1-2H3/b6-4+,11-5?. The van der Waals surface area contributed by atoms with Crippen LogP contribution < -0.4 is 11.1 Å². The quantitative estimate of drug-likeness (QED) is 0.595. The highest BCUT2D eigenvalue weighted by Crippen LogP contribution is 2.22. The van der Waals surface area contributed by atoms with Crippen molar-refractivity contribution in [3.05, 3.63) is 11.4 Å². The Balaban J connectivity index is 4.92. The second-order valence-corrected chi connectivity index (χ2v) is 2.37. The van der Waals surface area contributed by atoms with Gasteiger partial charge < -0.3 is 11.1 Å². The topological polar surface area (TPSA) is 61.9 Å². The number of alkyl halides is 3. The van der Waals surface area contributed by atoms with Gasteiger partial charge in [0.25, 0.3) is 0 Å². The summed E-state index contributed by atoms with van der Waals surface area (Å²) in [7, 11) is 1.41. The van der Waals surface area contributed by atoms with Gasteiger partial charge in [0.15, 0.2) is 0 Å². The number of nitrogens with one attached hydrogen (secondary N) is 2. The summed E-state index contributed by atoms with van der Waals surface area (Å²) in [6.45, 7) is 1.51. The molecule has 0 radical (unpaired) electrons. The lowest BCUT2D eigenvalue weighted by atomic mass is 10.1. The van der Waals surface area contributed by atoms with E-state index >= 15 is 0 Å². The molecule has 0 aliphatic carbocycles. The summed E-state index contributed by atoms with van der Waals surface area (Å²) >= 11 is 0. The lowest BCUT2D eigenvalue weighted by Crippen LogP contribution is -2.29. The normalized spacial score (nSPS) is 13.6. The first-order valence-corrected chi connectivity index (χ1v) is 3.67. The summed E-state index contributed by atoms with van der Waals surface area (Å²) in [4.78, 5) is 0. The summed E-state index contributed by atoms with van der Waals surface area (Å²) in [5, 5.41) is 9.21. The third-order valence-electron chi connectivity index (χ3n) is 1.53. The average Bonchev–Trinajstić information content (AvgIpc) is 2.03. The minimum atomic E-state index is -4.63.